The van der Waals surface area contributed by atoms with Crippen LogP contribution in [0.3, 0.4) is 0 Å². The number of pyridine rings is 2. The molecule has 3 N–H and O–H groups in total. The Balaban J connectivity index is 1.15. The average molecular weight is 538 g/mol. The second kappa shape index (κ2) is 11.6. The van der Waals surface area contributed by atoms with Gasteiger partial charge in [0.25, 0.3) is 11.8 Å². The van der Waals surface area contributed by atoms with Crippen molar-refractivity contribution in [2.75, 3.05) is 18.4 Å². The summed E-state index contributed by atoms with van der Waals surface area (Å²) in [7, 11) is 0. The lowest BCUT2D eigenvalue weighted by Gasteiger charge is -2.30. The Hall–Kier alpha value is -4.11. The van der Waals surface area contributed by atoms with Crippen LogP contribution in [0.1, 0.15) is 72.0 Å². The molecule has 2 aliphatic rings. The minimum absolute atomic E-state index is 0.181. The molecule has 0 atom stereocenters. The van der Waals surface area contributed by atoms with Crippen LogP contribution < -0.4 is 10.6 Å². The summed E-state index contributed by atoms with van der Waals surface area (Å²) in [5, 5.41) is 13.9. The first-order valence-electron chi connectivity index (χ1n) is 14.2. The minimum atomic E-state index is -0.348. The first kappa shape index (κ1) is 26.1. The van der Waals surface area contributed by atoms with Gasteiger partial charge in [0.1, 0.15) is 5.69 Å². The number of hydrogen-bond donors (Lipinski definition) is 3. The Morgan fingerprint density at radius 1 is 0.950 bits per heavy atom. The number of anilines is 1. The molecule has 3 aromatic heterocycles. The van der Waals surface area contributed by atoms with Crippen molar-refractivity contribution in [1.82, 2.24) is 30.4 Å². The van der Waals surface area contributed by atoms with E-state index in [0.717, 1.165) is 73.3 Å². The van der Waals surface area contributed by atoms with Crippen LogP contribution in [0.4, 0.5) is 5.69 Å². The van der Waals surface area contributed by atoms with Crippen LogP contribution in [0.25, 0.3) is 22.0 Å². The van der Waals surface area contributed by atoms with Crippen LogP contribution in [0.2, 0.25) is 0 Å². The molecule has 0 unspecified atom stereocenters. The van der Waals surface area contributed by atoms with Gasteiger partial charge in [-0.3, -0.25) is 24.6 Å². The lowest BCUT2D eigenvalue weighted by molar-refractivity contribution is 0.0932. The molecule has 4 heterocycles. The van der Waals surface area contributed by atoms with Gasteiger partial charge in [0.2, 0.25) is 0 Å². The molecule has 9 nitrogen and oxygen atoms in total. The molecular formula is C31H35N7O2. The molecule has 40 heavy (non-hydrogen) atoms. The zero-order chi connectivity index (χ0) is 27.5. The van der Waals surface area contributed by atoms with E-state index >= 15 is 0 Å². The van der Waals surface area contributed by atoms with E-state index in [-0.39, 0.29) is 17.9 Å². The molecule has 1 aromatic carbocycles. The van der Waals surface area contributed by atoms with Crippen LogP contribution in [-0.2, 0) is 6.54 Å². The van der Waals surface area contributed by atoms with E-state index < -0.39 is 0 Å². The van der Waals surface area contributed by atoms with Crippen LogP contribution in [0.5, 0.6) is 0 Å². The lowest BCUT2D eigenvalue weighted by Crippen LogP contribution is -2.33. The average Bonchev–Trinajstić information content (AvgIpc) is 3.64. The number of aromatic amines is 1. The highest BCUT2D eigenvalue weighted by atomic mass is 16.2. The van der Waals surface area contributed by atoms with Crippen molar-refractivity contribution in [3.05, 3.63) is 71.9 Å². The van der Waals surface area contributed by atoms with Crippen LogP contribution in [-0.4, -0.2) is 56.0 Å². The third-order valence-electron chi connectivity index (χ3n) is 8.13. The lowest BCUT2D eigenvalue weighted by atomic mass is 9.98. The smallest absolute Gasteiger partial charge is 0.276 e. The van der Waals surface area contributed by atoms with Gasteiger partial charge in [0.05, 0.1) is 17.4 Å². The van der Waals surface area contributed by atoms with Gasteiger partial charge in [-0.2, -0.15) is 5.10 Å². The number of fused-ring (bicyclic) bond motifs is 1. The largest absolute Gasteiger partial charge is 0.348 e. The maximum absolute atomic E-state index is 13.2. The van der Waals surface area contributed by atoms with Gasteiger partial charge in [-0.1, -0.05) is 25.8 Å². The van der Waals surface area contributed by atoms with Crippen LogP contribution in [0.15, 0.2) is 55.0 Å². The van der Waals surface area contributed by atoms with Gasteiger partial charge in [0, 0.05) is 35.9 Å². The fraction of sp³-hybridized carbons (Fsp3) is 0.387. The Bertz CT molecular complexity index is 1500. The third-order valence-corrected chi connectivity index (χ3v) is 8.13. The number of hydrogen-bond acceptors (Lipinski definition) is 6. The first-order chi connectivity index (χ1) is 19.5. The third kappa shape index (κ3) is 5.89. The van der Waals surface area contributed by atoms with Crippen molar-refractivity contribution in [3.8, 4) is 11.1 Å². The Labute approximate surface area is 233 Å². The number of H-pyrrole nitrogens is 1. The summed E-state index contributed by atoms with van der Waals surface area (Å²) >= 11 is 0. The van der Waals surface area contributed by atoms with Gasteiger partial charge < -0.3 is 10.6 Å². The number of piperidine rings is 1. The molecule has 9 heteroatoms. The summed E-state index contributed by atoms with van der Waals surface area (Å²) in [4.78, 5) is 36.9. The van der Waals surface area contributed by atoms with Crippen LogP contribution >= 0.6 is 0 Å². The summed E-state index contributed by atoms with van der Waals surface area (Å²) in [6.45, 7) is 5.46. The molecule has 6 rings (SSSR count). The second-order valence-electron chi connectivity index (χ2n) is 11.2. The molecule has 1 aliphatic carbocycles. The van der Waals surface area contributed by atoms with E-state index in [4.69, 9.17) is 0 Å². The molecule has 2 fully saturated rings. The van der Waals surface area contributed by atoms with Gasteiger partial charge in [-0.05, 0) is 86.1 Å². The fourth-order valence-electron chi connectivity index (χ4n) is 5.70. The molecular weight excluding hydrogens is 502 g/mol. The molecule has 0 spiro atoms. The number of amides is 2. The molecule has 2 amide bonds. The Morgan fingerprint density at radius 3 is 2.55 bits per heavy atom. The quantitative estimate of drug-likeness (QED) is 0.299. The predicted octanol–water partition coefficient (Wildman–Crippen LogP) is 5.18. The monoisotopic (exact) mass is 537 g/mol. The maximum atomic E-state index is 13.2. The van der Waals surface area contributed by atoms with Crippen molar-refractivity contribution in [1.29, 1.82) is 0 Å². The van der Waals surface area contributed by atoms with E-state index in [1.807, 2.05) is 30.6 Å². The fourth-order valence-corrected chi connectivity index (χ4v) is 5.70. The summed E-state index contributed by atoms with van der Waals surface area (Å²) < 4.78 is 0. The van der Waals surface area contributed by atoms with E-state index in [1.165, 1.54) is 24.6 Å². The molecule has 1 saturated carbocycles. The SMILES string of the molecule is CC1CCN(Cc2cncc(-c3ccc4[nH]nc(C(=O)Nc5ccc(C(=O)NC6CCCC6)nc5)c4c3)c2)CC1. The molecule has 1 aliphatic heterocycles. The van der Waals surface area contributed by atoms with Crippen molar-refractivity contribution in [2.24, 2.45) is 5.92 Å². The molecule has 0 bridgehead atoms. The van der Waals surface area contributed by atoms with Crippen LogP contribution in [0, 0.1) is 5.92 Å². The van der Waals surface area contributed by atoms with Crippen molar-refractivity contribution in [3.63, 3.8) is 0 Å². The van der Waals surface area contributed by atoms with Gasteiger partial charge in [-0.15, -0.1) is 0 Å². The number of benzene rings is 1. The minimum Gasteiger partial charge on any atom is -0.348 e. The molecule has 206 valence electrons. The summed E-state index contributed by atoms with van der Waals surface area (Å²) in [5.74, 6) is 0.274. The number of carbonyl (C=O) groups is 2. The van der Waals surface area contributed by atoms with Crippen molar-refractivity contribution >= 4 is 28.4 Å². The highest BCUT2D eigenvalue weighted by molar-refractivity contribution is 6.11. The Morgan fingerprint density at radius 2 is 1.77 bits per heavy atom. The van der Waals surface area contributed by atoms with Crippen molar-refractivity contribution < 1.29 is 9.59 Å². The molecule has 4 aromatic rings. The predicted molar refractivity (Wildman–Crippen MR) is 155 cm³/mol. The van der Waals surface area contributed by atoms with Gasteiger partial charge in [-0.25, -0.2) is 4.98 Å². The van der Waals surface area contributed by atoms with Gasteiger partial charge in [0.15, 0.2) is 5.69 Å². The summed E-state index contributed by atoms with van der Waals surface area (Å²) in [6.07, 6.45) is 12.1. The second-order valence-corrected chi connectivity index (χ2v) is 11.2. The topological polar surface area (TPSA) is 116 Å². The number of rotatable bonds is 7. The number of likely N-dealkylation sites (tertiary alicyclic amines) is 1. The zero-order valence-electron chi connectivity index (χ0n) is 22.8. The summed E-state index contributed by atoms with van der Waals surface area (Å²) in [5.41, 5.74) is 5.08. The van der Waals surface area contributed by atoms with E-state index in [9.17, 15) is 9.59 Å². The van der Waals surface area contributed by atoms with E-state index in [0.29, 0.717) is 17.1 Å². The van der Waals surface area contributed by atoms with E-state index in [2.05, 4.69) is 48.7 Å². The standard InChI is InChI=1S/C31H35N7O2/c1-20-10-12-38(13-11-20)19-21-14-23(17-32-16-21)22-6-8-27-26(15-22)29(37-36-27)31(40)35-25-7-9-28(33-18-25)30(39)34-24-4-2-3-5-24/h6-9,14-18,20,24H,2-5,10-13,19H2,1H3,(H,34,39)(H,35,40)(H,36,37). The number of aromatic nitrogens is 4. The molecule has 0 radical (unpaired) electrons. The Kier molecular flexibility index (Phi) is 7.55. The maximum Gasteiger partial charge on any atom is 0.276 e. The molecule has 1 saturated heterocycles. The number of carbonyl (C=O) groups excluding carboxylic acids is 2. The van der Waals surface area contributed by atoms with Crippen molar-refractivity contribution in [2.45, 2.75) is 58.0 Å². The summed E-state index contributed by atoms with van der Waals surface area (Å²) in [6, 6.07) is 11.7. The van der Waals surface area contributed by atoms with Gasteiger partial charge >= 0.3 is 0 Å². The normalized spacial score (nSPS) is 16.8. The number of nitrogens with one attached hydrogen (secondary N) is 3. The zero-order valence-corrected chi connectivity index (χ0v) is 22.8. The highest BCUT2D eigenvalue weighted by Gasteiger charge is 2.20. The number of nitrogens with zero attached hydrogens (tertiary/aromatic N) is 4. The highest BCUT2D eigenvalue weighted by Crippen LogP contribution is 2.27. The van der Waals surface area contributed by atoms with E-state index in [1.54, 1.807) is 12.1 Å². The first-order valence-corrected chi connectivity index (χ1v) is 14.2.